The van der Waals surface area contributed by atoms with Crippen LogP contribution in [0.2, 0.25) is 0 Å². The summed E-state index contributed by atoms with van der Waals surface area (Å²) in [4.78, 5) is 0.0849. The van der Waals surface area contributed by atoms with E-state index in [0.717, 1.165) is 10.2 Å². The molecule has 6 nitrogen and oxygen atoms in total. The van der Waals surface area contributed by atoms with Gasteiger partial charge in [-0.2, -0.15) is 5.10 Å². The van der Waals surface area contributed by atoms with E-state index in [0.29, 0.717) is 6.42 Å². The summed E-state index contributed by atoms with van der Waals surface area (Å²) < 4.78 is 29.2. The third-order valence-electron chi connectivity index (χ3n) is 2.70. The van der Waals surface area contributed by atoms with E-state index in [1.54, 1.807) is 16.8 Å². The maximum atomic E-state index is 12.1. The highest BCUT2D eigenvalue weighted by Crippen LogP contribution is 2.22. The smallest absolute Gasteiger partial charge is 0.242 e. The molecule has 0 unspecified atom stereocenters. The zero-order valence-electron chi connectivity index (χ0n) is 10.9. The number of nitrogen functional groups attached to an aromatic ring is 1. The minimum absolute atomic E-state index is 0.0849. The predicted molar refractivity (Wildman–Crippen MR) is 80.7 cm³/mol. The molecule has 0 aliphatic heterocycles. The first-order chi connectivity index (χ1) is 9.38. The quantitative estimate of drug-likeness (QED) is 0.787. The molecule has 1 aromatic carbocycles. The summed E-state index contributed by atoms with van der Waals surface area (Å²) in [6.07, 6.45) is 2.34. The van der Waals surface area contributed by atoms with Crippen LogP contribution in [0.5, 0.6) is 0 Å². The van der Waals surface area contributed by atoms with Gasteiger partial charge >= 0.3 is 0 Å². The van der Waals surface area contributed by atoms with E-state index >= 15 is 0 Å². The maximum absolute atomic E-state index is 12.1. The SMILES string of the molecule is Cn1ccc(CCNS(=O)(=O)c2ccc(Br)cc2N)n1. The molecule has 2 rings (SSSR count). The zero-order chi connectivity index (χ0) is 14.8. The second kappa shape index (κ2) is 5.94. The van der Waals surface area contributed by atoms with Crippen molar-refractivity contribution < 1.29 is 8.42 Å². The lowest BCUT2D eigenvalue weighted by atomic mass is 10.3. The molecule has 0 saturated heterocycles. The van der Waals surface area contributed by atoms with E-state index in [1.165, 1.54) is 6.07 Å². The Morgan fingerprint density at radius 3 is 2.75 bits per heavy atom. The first-order valence-corrected chi connectivity index (χ1v) is 8.19. The van der Waals surface area contributed by atoms with E-state index in [9.17, 15) is 8.42 Å². The van der Waals surface area contributed by atoms with Crippen LogP contribution in [0, 0.1) is 0 Å². The van der Waals surface area contributed by atoms with Crippen molar-refractivity contribution in [3.63, 3.8) is 0 Å². The van der Waals surface area contributed by atoms with E-state index in [-0.39, 0.29) is 17.1 Å². The Bertz CT molecular complexity index is 712. The highest BCUT2D eigenvalue weighted by molar-refractivity contribution is 9.10. The van der Waals surface area contributed by atoms with Crippen molar-refractivity contribution >= 4 is 31.6 Å². The van der Waals surface area contributed by atoms with E-state index in [2.05, 4.69) is 25.8 Å². The number of halogens is 1. The Labute approximate surface area is 126 Å². The minimum atomic E-state index is -3.60. The highest BCUT2D eigenvalue weighted by atomic mass is 79.9. The average Bonchev–Trinajstić information content (AvgIpc) is 2.74. The van der Waals surface area contributed by atoms with Crippen LogP contribution in [0.1, 0.15) is 5.69 Å². The molecule has 20 heavy (non-hydrogen) atoms. The second-order valence-electron chi connectivity index (χ2n) is 4.31. The van der Waals surface area contributed by atoms with Crippen LogP contribution in [-0.2, 0) is 23.5 Å². The molecule has 0 radical (unpaired) electrons. The number of sulfonamides is 1. The third-order valence-corrected chi connectivity index (χ3v) is 4.73. The summed E-state index contributed by atoms with van der Waals surface area (Å²) in [7, 11) is -1.79. The molecule has 0 aliphatic rings. The molecule has 1 aromatic heterocycles. The first kappa shape index (κ1) is 15.0. The van der Waals surface area contributed by atoms with Crippen LogP contribution >= 0.6 is 15.9 Å². The molecule has 0 amide bonds. The van der Waals surface area contributed by atoms with Crippen LogP contribution in [0.25, 0.3) is 0 Å². The van der Waals surface area contributed by atoms with Gasteiger partial charge in [0.05, 0.1) is 11.4 Å². The topological polar surface area (TPSA) is 90.0 Å². The second-order valence-corrected chi connectivity index (χ2v) is 6.96. The zero-order valence-corrected chi connectivity index (χ0v) is 13.3. The van der Waals surface area contributed by atoms with Crippen molar-refractivity contribution in [1.29, 1.82) is 0 Å². The number of aryl methyl sites for hydroxylation is 1. The number of benzene rings is 1. The van der Waals surface area contributed by atoms with Crippen molar-refractivity contribution in [2.24, 2.45) is 7.05 Å². The van der Waals surface area contributed by atoms with Gasteiger partial charge in [0.15, 0.2) is 0 Å². The number of nitrogens with zero attached hydrogens (tertiary/aromatic N) is 2. The van der Waals surface area contributed by atoms with E-state index in [1.807, 2.05) is 19.3 Å². The molecule has 108 valence electrons. The van der Waals surface area contributed by atoms with E-state index < -0.39 is 10.0 Å². The minimum Gasteiger partial charge on any atom is -0.398 e. The normalized spacial score (nSPS) is 11.7. The maximum Gasteiger partial charge on any atom is 0.242 e. The molecule has 0 fully saturated rings. The van der Waals surface area contributed by atoms with Crippen LogP contribution in [0.3, 0.4) is 0 Å². The van der Waals surface area contributed by atoms with Crippen LogP contribution in [-0.4, -0.2) is 24.7 Å². The van der Waals surface area contributed by atoms with Crippen LogP contribution in [0.15, 0.2) is 39.8 Å². The standard InChI is InChI=1S/C12H15BrN4O2S/c1-17-7-5-10(16-17)4-6-15-20(18,19)12-3-2-9(13)8-11(12)14/h2-3,5,7-8,15H,4,6,14H2,1H3. The van der Waals surface area contributed by atoms with E-state index in [4.69, 9.17) is 5.73 Å². The van der Waals surface area contributed by atoms with Gasteiger partial charge in [0.25, 0.3) is 0 Å². The summed E-state index contributed by atoms with van der Waals surface area (Å²) in [5.74, 6) is 0. The number of nitrogens with two attached hydrogens (primary N) is 1. The lowest BCUT2D eigenvalue weighted by Gasteiger charge is -2.08. The number of anilines is 1. The van der Waals surface area contributed by atoms with Gasteiger partial charge in [0.1, 0.15) is 4.90 Å². The Kier molecular flexibility index (Phi) is 4.46. The van der Waals surface area contributed by atoms with Gasteiger partial charge in [-0.1, -0.05) is 15.9 Å². The van der Waals surface area contributed by atoms with Crippen molar-refractivity contribution in [2.45, 2.75) is 11.3 Å². The van der Waals surface area contributed by atoms with Gasteiger partial charge in [-0.25, -0.2) is 13.1 Å². The first-order valence-electron chi connectivity index (χ1n) is 5.92. The van der Waals surface area contributed by atoms with Gasteiger partial charge in [0.2, 0.25) is 10.0 Å². The Morgan fingerprint density at radius 2 is 2.15 bits per heavy atom. The highest BCUT2D eigenvalue weighted by Gasteiger charge is 2.17. The summed E-state index contributed by atoms with van der Waals surface area (Å²) in [5.41, 5.74) is 6.77. The number of hydrogen-bond acceptors (Lipinski definition) is 4. The fourth-order valence-corrected chi connectivity index (χ4v) is 3.27. The average molecular weight is 359 g/mol. The molecule has 0 aliphatic carbocycles. The van der Waals surface area contributed by atoms with Crippen LogP contribution in [0.4, 0.5) is 5.69 Å². The number of aromatic nitrogens is 2. The molecule has 3 N–H and O–H groups in total. The molecule has 0 spiro atoms. The summed E-state index contributed by atoms with van der Waals surface area (Å²) in [5, 5.41) is 4.18. The Hall–Kier alpha value is -1.38. The molecule has 0 bridgehead atoms. The van der Waals surface area contributed by atoms with Crippen molar-refractivity contribution in [2.75, 3.05) is 12.3 Å². The van der Waals surface area contributed by atoms with Gasteiger partial charge < -0.3 is 5.73 Å². The predicted octanol–water partition coefficient (Wildman–Crippen LogP) is 1.29. The molecule has 8 heteroatoms. The van der Waals surface area contributed by atoms with Gasteiger partial charge in [0, 0.05) is 30.7 Å². The van der Waals surface area contributed by atoms with Crippen molar-refractivity contribution in [1.82, 2.24) is 14.5 Å². The fourth-order valence-electron chi connectivity index (χ4n) is 1.75. The number of hydrogen-bond donors (Lipinski definition) is 2. The number of nitrogens with one attached hydrogen (secondary N) is 1. The third kappa shape index (κ3) is 3.59. The van der Waals surface area contributed by atoms with Gasteiger partial charge in [-0.15, -0.1) is 0 Å². The lowest BCUT2D eigenvalue weighted by Crippen LogP contribution is -2.26. The Morgan fingerprint density at radius 1 is 1.40 bits per heavy atom. The lowest BCUT2D eigenvalue weighted by molar-refractivity contribution is 0.581. The monoisotopic (exact) mass is 358 g/mol. The van der Waals surface area contributed by atoms with Gasteiger partial charge in [-0.3, -0.25) is 4.68 Å². The summed E-state index contributed by atoms with van der Waals surface area (Å²) in [6, 6.07) is 6.53. The van der Waals surface area contributed by atoms with Crippen molar-refractivity contribution in [3.05, 3.63) is 40.6 Å². The molecular weight excluding hydrogens is 344 g/mol. The number of rotatable bonds is 5. The molecule has 1 heterocycles. The largest absolute Gasteiger partial charge is 0.398 e. The molecular formula is C12H15BrN4O2S. The van der Waals surface area contributed by atoms with Gasteiger partial charge in [-0.05, 0) is 24.3 Å². The summed E-state index contributed by atoms with van der Waals surface area (Å²) >= 11 is 3.24. The molecule has 2 aromatic rings. The molecule has 0 atom stereocenters. The summed E-state index contributed by atoms with van der Waals surface area (Å²) in [6.45, 7) is 0.273. The Balaban J connectivity index is 2.04. The fraction of sp³-hybridized carbons (Fsp3) is 0.250. The molecule has 0 saturated carbocycles. The van der Waals surface area contributed by atoms with Crippen LogP contribution < -0.4 is 10.5 Å². The van der Waals surface area contributed by atoms with Crippen molar-refractivity contribution in [3.8, 4) is 0 Å².